The van der Waals surface area contributed by atoms with Crippen LogP contribution in [0, 0.1) is 11.7 Å². The smallest absolute Gasteiger partial charge is 0.304 e. The highest BCUT2D eigenvalue weighted by molar-refractivity contribution is 7.89. The second-order valence-electron chi connectivity index (χ2n) is 4.52. The average molecular weight is 289 g/mol. The highest BCUT2D eigenvalue weighted by atomic mass is 32.2. The molecule has 0 saturated carbocycles. The Labute approximate surface area is 111 Å². The molecule has 0 unspecified atom stereocenters. The van der Waals surface area contributed by atoms with Crippen LogP contribution in [0.1, 0.15) is 20.3 Å². The standard InChI is InChI=1S/C12H16FNO4S/c1-8(2)11(7-12(15)16)14-19(17,18)10-5-3-9(13)4-6-10/h3-6,8,11,14H,7H2,1-2H3,(H,15,16)/t11-/m1/s1. The Balaban J connectivity index is 2.93. The lowest BCUT2D eigenvalue weighted by Crippen LogP contribution is -2.40. The van der Waals surface area contributed by atoms with Crippen LogP contribution in [-0.4, -0.2) is 25.5 Å². The molecular weight excluding hydrogens is 273 g/mol. The maximum Gasteiger partial charge on any atom is 0.304 e. The van der Waals surface area contributed by atoms with Crippen molar-refractivity contribution in [2.75, 3.05) is 0 Å². The van der Waals surface area contributed by atoms with Crippen LogP contribution in [-0.2, 0) is 14.8 Å². The summed E-state index contributed by atoms with van der Waals surface area (Å²) in [7, 11) is -3.85. The van der Waals surface area contributed by atoms with E-state index >= 15 is 0 Å². The number of benzene rings is 1. The molecule has 0 aliphatic rings. The van der Waals surface area contributed by atoms with Crippen LogP contribution in [0.3, 0.4) is 0 Å². The molecule has 2 N–H and O–H groups in total. The molecule has 106 valence electrons. The van der Waals surface area contributed by atoms with Gasteiger partial charge in [0, 0.05) is 6.04 Å². The van der Waals surface area contributed by atoms with Gasteiger partial charge in [-0.3, -0.25) is 4.79 Å². The summed E-state index contributed by atoms with van der Waals surface area (Å²) in [4.78, 5) is 10.6. The van der Waals surface area contributed by atoms with Gasteiger partial charge in [-0.05, 0) is 30.2 Å². The van der Waals surface area contributed by atoms with E-state index in [2.05, 4.69) is 4.72 Å². The maximum atomic E-state index is 12.7. The lowest BCUT2D eigenvalue weighted by atomic mass is 10.0. The van der Waals surface area contributed by atoms with Gasteiger partial charge in [0.05, 0.1) is 11.3 Å². The summed E-state index contributed by atoms with van der Waals surface area (Å²) in [5, 5.41) is 8.75. The molecule has 0 fully saturated rings. The van der Waals surface area contributed by atoms with E-state index in [-0.39, 0.29) is 17.2 Å². The summed E-state index contributed by atoms with van der Waals surface area (Å²) >= 11 is 0. The van der Waals surface area contributed by atoms with Gasteiger partial charge in [-0.25, -0.2) is 17.5 Å². The normalized spacial score (nSPS) is 13.5. The molecule has 1 aromatic rings. The van der Waals surface area contributed by atoms with E-state index in [0.29, 0.717) is 0 Å². The molecule has 0 radical (unpaired) electrons. The molecule has 0 bridgehead atoms. The number of hydrogen-bond donors (Lipinski definition) is 2. The lowest BCUT2D eigenvalue weighted by molar-refractivity contribution is -0.137. The van der Waals surface area contributed by atoms with Gasteiger partial charge in [0.25, 0.3) is 0 Å². The highest BCUT2D eigenvalue weighted by Gasteiger charge is 2.24. The summed E-state index contributed by atoms with van der Waals surface area (Å²) in [6, 6.07) is 3.63. The molecule has 0 heterocycles. The first-order chi connectivity index (χ1) is 8.72. The minimum atomic E-state index is -3.85. The molecule has 0 spiro atoms. The number of halogens is 1. The summed E-state index contributed by atoms with van der Waals surface area (Å²) in [6.45, 7) is 3.45. The predicted octanol–water partition coefficient (Wildman–Crippen LogP) is 1.60. The lowest BCUT2D eigenvalue weighted by Gasteiger charge is -2.20. The molecule has 0 aliphatic carbocycles. The third-order valence-electron chi connectivity index (χ3n) is 2.63. The van der Waals surface area contributed by atoms with Crippen LogP contribution < -0.4 is 4.72 Å². The molecule has 1 aromatic carbocycles. The number of aliphatic carboxylic acids is 1. The topological polar surface area (TPSA) is 83.5 Å². The number of carboxylic acid groups (broad SMARTS) is 1. The fourth-order valence-corrected chi connectivity index (χ4v) is 2.87. The summed E-state index contributed by atoms with van der Waals surface area (Å²) in [6.07, 6.45) is -0.307. The first-order valence-corrected chi connectivity index (χ1v) is 7.20. The number of carbonyl (C=O) groups is 1. The van der Waals surface area contributed by atoms with Crippen LogP contribution in [0.5, 0.6) is 0 Å². The number of rotatable bonds is 6. The van der Waals surface area contributed by atoms with Crippen molar-refractivity contribution in [3.8, 4) is 0 Å². The maximum absolute atomic E-state index is 12.7. The Morgan fingerprint density at radius 2 is 1.84 bits per heavy atom. The first kappa shape index (κ1) is 15.6. The van der Waals surface area contributed by atoms with Gasteiger partial charge in [0.2, 0.25) is 10.0 Å². The molecule has 0 aliphatic heterocycles. The van der Waals surface area contributed by atoms with Gasteiger partial charge in [0.15, 0.2) is 0 Å². The fraction of sp³-hybridized carbons (Fsp3) is 0.417. The van der Waals surface area contributed by atoms with Crippen molar-refractivity contribution in [2.45, 2.75) is 31.2 Å². The third kappa shape index (κ3) is 4.60. The van der Waals surface area contributed by atoms with Crippen LogP contribution in [0.15, 0.2) is 29.2 Å². The quantitative estimate of drug-likeness (QED) is 0.833. The molecule has 0 saturated heterocycles. The Bertz CT molecular complexity index is 539. The van der Waals surface area contributed by atoms with E-state index in [1.54, 1.807) is 13.8 Å². The molecule has 1 rings (SSSR count). The molecule has 19 heavy (non-hydrogen) atoms. The number of carboxylic acids is 1. The van der Waals surface area contributed by atoms with Crippen molar-refractivity contribution in [1.29, 1.82) is 0 Å². The summed E-state index contributed by atoms with van der Waals surface area (Å²) in [5.41, 5.74) is 0. The molecule has 0 aromatic heterocycles. The zero-order valence-corrected chi connectivity index (χ0v) is 11.4. The Morgan fingerprint density at radius 3 is 2.26 bits per heavy atom. The van der Waals surface area contributed by atoms with Gasteiger partial charge in [0.1, 0.15) is 5.82 Å². The molecule has 0 amide bonds. The average Bonchev–Trinajstić information content (AvgIpc) is 2.27. The predicted molar refractivity (Wildman–Crippen MR) is 67.6 cm³/mol. The van der Waals surface area contributed by atoms with E-state index in [9.17, 15) is 17.6 Å². The third-order valence-corrected chi connectivity index (χ3v) is 4.14. The van der Waals surface area contributed by atoms with Crippen molar-refractivity contribution >= 4 is 16.0 Å². The van der Waals surface area contributed by atoms with Crippen molar-refractivity contribution in [1.82, 2.24) is 4.72 Å². The second-order valence-corrected chi connectivity index (χ2v) is 6.24. The van der Waals surface area contributed by atoms with E-state index < -0.39 is 27.9 Å². The minimum Gasteiger partial charge on any atom is -0.481 e. The minimum absolute atomic E-state index is 0.0926. The second kappa shape index (κ2) is 6.12. The van der Waals surface area contributed by atoms with Gasteiger partial charge in [-0.2, -0.15) is 0 Å². The van der Waals surface area contributed by atoms with Crippen LogP contribution in [0.2, 0.25) is 0 Å². The van der Waals surface area contributed by atoms with Crippen molar-refractivity contribution < 1.29 is 22.7 Å². The molecule has 5 nitrogen and oxygen atoms in total. The molecule has 7 heteroatoms. The first-order valence-electron chi connectivity index (χ1n) is 5.72. The Morgan fingerprint density at radius 1 is 1.32 bits per heavy atom. The summed E-state index contributed by atoms with van der Waals surface area (Å²) in [5.74, 6) is -1.79. The van der Waals surface area contributed by atoms with Crippen molar-refractivity contribution in [3.63, 3.8) is 0 Å². The number of nitrogens with one attached hydrogen (secondary N) is 1. The van der Waals surface area contributed by atoms with Crippen molar-refractivity contribution in [3.05, 3.63) is 30.1 Å². The van der Waals surface area contributed by atoms with Crippen molar-refractivity contribution in [2.24, 2.45) is 5.92 Å². The number of sulfonamides is 1. The zero-order valence-electron chi connectivity index (χ0n) is 10.6. The van der Waals surface area contributed by atoms with Gasteiger partial charge in [-0.1, -0.05) is 13.8 Å². The van der Waals surface area contributed by atoms with Gasteiger partial charge in [-0.15, -0.1) is 0 Å². The van der Waals surface area contributed by atoms with E-state index in [1.807, 2.05) is 0 Å². The fourth-order valence-electron chi connectivity index (χ4n) is 1.48. The Hall–Kier alpha value is -1.47. The zero-order chi connectivity index (χ0) is 14.6. The monoisotopic (exact) mass is 289 g/mol. The highest BCUT2D eigenvalue weighted by Crippen LogP contribution is 2.14. The van der Waals surface area contributed by atoms with Crippen LogP contribution in [0.4, 0.5) is 4.39 Å². The van der Waals surface area contributed by atoms with Crippen LogP contribution in [0.25, 0.3) is 0 Å². The molecular formula is C12H16FNO4S. The van der Waals surface area contributed by atoms with E-state index in [4.69, 9.17) is 5.11 Å². The van der Waals surface area contributed by atoms with E-state index in [0.717, 1.165) is 24.3 Å². The van der Waals surface area contributed by atoms with Gasteiger partial charge >= 0.3 is 5.97 Å². The Kier molecular flexibility index (Phi) is 5.02. The number of hydrogen-bond acceptors (Lipinski definition) is 3. The van der Waals surface area contributed by atoms with E-state index in [1.165, 1.54) is 0 Å². The largest absolute Gasteiger partial charge is 0.481 e. The van der Waals surface area contributed by atoms with Gasteiger partial charge < -0.3 is 5.11 Å². The molecule has 1 atom stereocenters. The summed E-state index contributed by atoms with van der Waals surface area (Å²) < 4.78 is 39.1. The SMILES string of the molecule is CC(C)[C@@H](CC(=O)O)NS(=O)(=O)c1ccc(F)cc1. The van der Waals surface area contributed by atoms with Crippen LogP contribution >= 0.6 is 0 Å².